The van der Waals surface area contributed by atoms with Crippen LogP contribution in [-0.2, 0) is 10.0 Å². The fourth-order valence-corrected chi connectivity index (χ4v) is 3.92. The largest absolute Gasteiger partial charge is 0.495 e. The predicted molar refractivity (Wildman–Crippen MR) is 88.2 cm³/mol. The molecule has 0 aliphatic rings. The summed E-state index contributed by atoms with van der Waals surface area (Å²) in [6.45, 7) is 1.72. The van der Waals surface area contributed by atoms with Gasteiger partial charge in [0.05, 0.1) is 18.5 Å². The Kier molecular flexibility index (Phi) is 4.90. The number of aromatic nitrogens is 1. The van der Waals surface area contributed by atoms with Gasteiger partial charge in [0, 0.05) is 4.47 Å². The molecule has 0 spiro atoms. The summed E-state index contributed by atoms with van der Waals surface area (Å²) in [4.78, 5) is 4.22. The molecular formula is C13H12Br2N2O3S. The molecule has 1 heterocycles. The Balaban J connectivity index is 2.45. The molecule has 0 unspecified atom stereocenters. The fraction of sp³-hybridized carbons (Fsp3) is 0.154. The van der Waals surface area contributed by atoms with Crippen LogP contribution in [0.15, 0.2) is 44.3 Å². The molecular weight excluding hydrogens is 424 g/mol. The summed E-state index contributed by atoms with van der Waals surface area (Å²) >= 11 is 6.50. The Bertz CT molecular complexity index is 779. The minimum Gasteiger partial charge on any atom is -0.495 e. The summed E-state index contributed by atoms with van der Waals surface area (Å²) in [5.41, 5.74) is 0.988. The van der Waals surface area contributed by atoms with Crippen molar-refractivity contribution in [1.82, 2.24) is 4.98 Å². The number of aryl methyl sites for hydroxylation is 1. The van der Waals surface area contributed by atoms with Gasteiger partial charge in [0.25, 0.3) is 10.0 Å². The number of rotatable bonds is 4. The Morgan fingerprint density at radius 1 is 1.19 bits per heavy atom. The Hall–Kier alpha value is -1.12. The lowest BCUT2D eigenvalue weighted by atomic mass is 10.3. The third kappa shape index (κ3) is 3.75. The van der Waals surface area contributed by atoms with Gasteiger partial charge in [-0.15, -0.1) is 0 Å². The van der Waals surface area contributed by atoms with E-state index in [0.29, 0.717) is 20.5 Å². The van der Waals surface area contributed by atoms with Crippen molar-refractivity contribution < 1.29 is 13.2 Å². The maximum absolute atomic E-state index is 12.5. The van der Waals surface area contributed by atoms with Gasteiger partial charge in [0.1, 0.15) is 15.2 Å². The standard InChI is InChI=1S/C13H12Br2N2O3S/c1-8-10(4-6-13(15)16-8)17-21(18,19)12-7-9(14)3-5-11(12)20-2/h3-7,17H,1-2H3. The van der Waals surface area contributed by atoms with Gasteiger partial charge in [-0.1, -0.05) is 15.9 Å². The molecule has 0 saturated heterocycles. The van der Waals surface area contributed by atoms with E-state index in [1.807, 2.05) is 0 Å². The molecule has 1 N–H and O–H groups in total. The molecule has 2 rings (SSSR count). The Morgan fingerprint density at radius 2 is 1.90 bits per heavy atom. The average Bonchev–Trinajstić information content (AvgIpc) is 2.42. The van der Waals surface area contributed by atoms with Crippen molar-refractivity contribution in [3.63, 3.8) is 0 Å². The molecule has 112 valence electrons. The van der Waals surface area contributed by atoms with E-state index in [1.165, 1.54) is 13.2 Å². The summed E-state index contributed by atoms with van der Waals surface area (Å²) < 4.78 is 34.0. The quantitative estimate of drug-likeness (QED) is 0.743. The van der Waals surface area contributed by atoms with E-state index < -0.39 is 10.0 Å². The number of nitrogens with zero attached hydrogens (tertiary/aromatic N) is 1. The van der Waals surface area contributed by atoms with Crippen LogP contribution >= 0.6 is 31.9 Å². The third-order valence-electron chi connectivity index (χ3n) is 2.71. The van der Waals surface area contributed by atoms with E-state index in [9.17, 15) is 8.42 Å². The molecule has 5 nitrogen and oxygen atoms in total. The summed E-state index contributed by atoms with van der Waals surface area (Å²) in [6, 6.07) is 8.11. The lowest BCUT2D eigenvalue weighted by Crippen LogP contribution is -2.15. The van der Waals surface area contributed by atoms with Gasteiger partial charge in [-0.2, -0.15) is 0 Å². The zero-order chi connectivity index (χ0) is 15.6. The number of methoxy groups -OCH3 is 1. The molecule has 0 aliphatic carbocycles. The van der Waals surface area contributed by atoms with E-state index >= 15 is 0 Å². The van der Waals surface area contributed by atoms with E-state index in [1.54, 1.807) is 31.2 Å². The van der Waals surface area contributed by atoms with Crippen LogP contribution in [0.1, 0.15) is 5.69 Å². The van der Waals surface area contributed by atoms with Gasteiger partial charge in [-0.25, -0.2) is 13.4 Å². The molecule has 0 amide bonds. The molecule has 8 heteroatoms. The van der Waals surface area contributed by atoms with Crippen molar-refractivity contribution in [2.24, 2.45) is 0 Å². The van der Waals surface area contributed by atoms with Crippen LogP contribution in [0.5, 0.6) is 5.75 Å². The molecule has 0 radical (unpaired) electrons. The van der Waals surface area contributed by atoms with Crippen molar-refractivity contribution in [2.45, 2.75) is 11.8 Å². The lowest BCUT2D eigenvalue weighted by Gasteiger charge is -2.13. The highest BCUT2D eigenvalue weighted by molar-refractivity contribution is 9.10. The Labute approximate surface area is 140 Å². The second kappa shape index (κ2) is 6.33. The first-order valence-electron chi connectivity index (χ1n) is 5.83. The maximum atomic E-state index is 12.5. The number of hydrogen-bond donors (Lipinski definition) is 1. The first kappa shape index (κ1) is 16.3. The lowest BCUT2D eigenvalue weighted by molar-refractivity contribution is 0.403. The number of sulfonamides is 1. The zero-order valence-corrected chi connectivity index (χ0v) is 15.2. The molecule has 0 saturated carbocycles. The van der Waals surface area contributed by atoms with Crippen molar-refractivity contribution in [1.29, 1.82) is 0 Å². The van der Waals surface area contributed by atoms with Crippen LogP contribution in [0.4, 0.5) is 5.69 Å². The minimum absolute atomic E-state index is 0.0571. The van der Waals surface area contributed by atoms with Crippen LogP contribution in [0.3, 0.4) is 0 Å². The fourth-order valence-electron chi connectivity index (χ4n) is 1.70. The molecule has 0 fully saturated rings. The predicted octanol–water partition coefficient (Wildman–Crippen LogP) is 3.72. The molecule has 2 aromatic rings. The number of hydrogen-bond acceptors (Lipinski definition) is 4. The summed E-state index contributed by atoms with van der Waals surface area (Å²) in [7, 11) is -2.35. The van der Waals surface area contributed by atoms with E-state index in [-0.39, 0.29) is 10.6 Å². The van der Waals surface area contributed by atoms with Gasteiger partial charge in [0.15, 0.2) is 0 Å². The van der Waals surface area contributed by atoms with Crippen LogP contribution in [0, 0.1) is 6.92 Å². The number of halogens is 2. The Morgan fingerprint density at radius 3 is 2.52 bits per heavy atom. The first-order chi connectivity index (χ1) is 9.83. The van der Waals surface area contributed by atoms with Crippen LogP contribution in [0.2, 0.25) is 0 Å². The van der Waals surface area contributed by atoms with Crippen molar-refractivity contribution in [2.75, 3.05) is 11.8 Å². The second-order valence-corrected chi connectivity index (χ2v) is 7.55. The minimum atomic E-state index is -3.77. The zero-order valence-electron chi connectivity index (χ0n) is 11.2. The molecule has 21 heavy (non-hydrogen) atoms. The molecule has 0 bridgehead atoms. The normalized spacial score (nSPS) is 11.2. The van der Waals surface area contributed by atoms with Crippen LogP contribution in [-0.4, -0.2) is 20.5 Å². The maximum Gasteiger partial charge on any atom is 0.265 e. The highest BCUT2D eigenvalue weighted by Gasteiger charge is 2.21. The molecule has 1 aromatic heterocycles. The number of ether oxygens (including phenoxy) is 1. The summed E-state index contributed by atoms with van der Waals surface area (Å²) in [5.74, 6) is 0.272. The van der Waals surface area contributed by atoms with E-state index in [2.05, 4.69) is 41.6 Å². The van der Waals surface area contributed by atoms with Crippen molar-refractivity contribution in [3.05, 3.63) is 45.1 Å². The van der Waals surface area contributed by atoms with Crippen molar-refractivity contribution >= 4 is 47.6 Å². The highest BCUT2D eigenvalue weighted by Crippen LogP contribution is 2.29. The highest BCUT2D eigenvalue weighted by atomic mass is 79.9. The molecule has 0 aliphatic heterocycles. The number of anilines is 1. The number of pyridine rings is 1. The molecule has 1 aromatic carbocycles. The SMILES string of the molecule is COc1ccc(Br)cc1S(=O)(=O)Nc1ccc(Br)nc1C. The summed E-state index contributed by atoms with van der Waals surface area (Å²) in [5, 5.41) is 0. The van der Waals surface area contributed by atoms with Gasteiger partial charge in [-0.05, 0) is 53.2 Å². The van der Waals surface area contributed by atoms with E-state index in [0.717, 1.165) is 0 Å². The smallest absolute Gasteiger partial charge is 0.265 e. The van der Waals surface area contributed by atoms with Gasteiger partial charge < -0.3 is 4.74 Å². The van der Waals surface area contributed by atoms with Gasteiger partial charge in [-0.3, -0.25) is 4.72 Å². The first-order valence-corrected chi connectivity index (χ1v) is 8.90. The van der Waals surface area contributed by atoms with Crippen molar-refractivity contribution in [3.8, 4) is 5.75 Å². The average molecular weight is 436 g/mol. The number of nitrogens with one attached hydrogen (secondary N) is 1. The second-order valence-electron chi connectivity index (χ2n) is 4.17. The van der Waals surface area contributed by atoms with Crippen LogP contribution < -0.4 is 9.46 Å². The van der Waals surface area contributed by atoms with Crippen LogP contribution in [0.25, 0.3) is 0 Å². The van der Waals surface area contributed by atoms with Gasteiger partial charge in [0.2, 0.25) is 0 Å². The van der Waals surface area contributed by atoms with Gasteiger partial charge >= 0.3 is 0 Å². The number of benzene rings is 1. The van der Waals surface area contributed by atoms with E-state index in [4.69, 9.17) is 4.74 Å². The summed E-state index contributed by atoms with van der Waals surface area (Å²) in [6.07, 6.45) is 0. The topological polar surface area (TPSA) is 68.3 Å². The third-order valence-corrected chi connectivity index (χ3v) is 5.03. The monoisotopic (exact) mass is 434 g/mol. The molecule has 0 atom stereocenters.